The molecule has 0 bridgehead atoms. The normalized spacial score (nSPS) is 14.9. The highest BCUT2D eigenvalue weighted by atomic mass is 28.3. The molecule has 0 aliphatic rings. The Labute approximate surface area is 168 Å². The zero-order chi connectivity index (χ0) is 21.3. The molecule has 2 atom stereocenters. The van der Waals surface area contributed by atoms with Crippen molar-refractivity contribution in [1.29, 1.82) is 0 Å². The van der Waals surface area contributed by atoms with Gasteiger partial charge < -0.3 is 19.6 Å². The molecule has 0 spiro atoms. The van der Waals surface area contributed by atoms with Crippen LogP contribution in [-0.4, -0.2) is 30.9 Å². The summed E-state index contributed by atoms with van der Waals surface area (Å²) in [6, 6.07) is 3.12. The van der Waals surface area contributed by atoms with Crippen LogP contribution < -0.4 is 16.1 Å². The molecular formula is C21H33NO5Si. The maximum atomic E-state index is 12.4. The van der Waals surface area contributed by atoms with Crippen molar-refractivity contribution in [2.45, 2.75) is 84.3 Å². The molecule has 0 fully saturated rings. The Kier molecular flexibility index (Phi) is 6.61. The molecule has 0 radical (unpaired) electrons. The maximum absolute atomic E-state index is 12.4. The quantitative estimate of drug-likeness (QED) is 0.649. The van der Waals surface area contributed by atoms with Gasteiger partial charge in [0.15, 0.2) is 5.43 Å². The number of amides is 1. The minimum absolute atomic E-state index is 0.198. The van der Waals surface area contributed by atoms with Crippen molar-refractivity contribution in [2.24, 2.45) is 0 Å². The largest absolute Gasteiger partial charge is 0.466 e. The van der Waals surface area contributed by atoms with Crippen LogP contribution in [0.25, 0.3) is 11.3 Å². The lowest BCUT2D eigenvalue weighted by Gasteiger charge is -2.25. The van der Waals surface area contributed by atoms with Gasteiger partial charge in [-0.05, 0) is 39.3 Å². The fourth-order valence-electron chi connectivity index (χ4n) is 2.98. The summed E-state index contributed by atoms with van der Waals surface area (Å²) >= 11 is 0. The van der Waals surface area contributed by atoms with Gasteiger partial charge in [0.25, 0.3) is 0 Å². The van der Waals surface area contributed by atoms with Crippen molar-refractivity contribution < 1.29 is 19.1 Å². The smallest absolute Gasteiger partial charge is 0.407 e. The highest BCUT2D eigenvalue weighted by molar-refractivity contribution is 6.87. The van der Waals surface area contributed by atoms with Gasteiger partial charge in [0.1, 0.15) is 25.5 Å². The molecule has 2 aromatic rings. The molecular weight excluding hydrogens is 374 g/mol. The molecule has 2 rings (SSSR count). The Morgan fingerprint density at radius 2 is 1.93 bits per heavy atom. The number of hydrogen-bond acceptors (Lipinski definition) is 5. The first-order valence-electron chi connectivity index (χ1n) is 9.92. The fraction of sp³-hybridized carbons (Fsp3) is 0.619. The van der Waals surface area contributed by atoms with Gasteiger partial charge in [-0.25, -0.2) is 4.79 Å². The summed E-state index contributed by atoms with van der Waals surface area (Å²) in [7, 11) is -1.62. The predicted octanol–water partition coefficient (Wildman–Crippen LogP) is 3.84. The van der Waals surface area contributed by atoms with Crippen molar-refractivity contribution in [1.82, 2.24) is 5.32 Å². The van der Waals surface area contributed by atoms with Crippen LogP contribution in [0.3, 0.4) is 0 Å². The van der Waals surface area contributed by atoms with Gasteiger partial charge in [0.05, 0.1) is 17.0 Å². The second-order valence-electron chi connectivity index (χ2n) is 9.37. The van der Waals surface area contributed by atoms with E-state index in [0.29, 0.717) is 23.3 Å². The topological polar surface area (TPSA) is 88.8 Å². The standard InChI is InChI=1S/C21H33NO5Si/c1-8-9-10-13(22-20(25)27-21(2,3)4)18(23)17-16(19(17)24)14-11-12-15(26-14)28(5,6)7/h11-13,18,23H,8-10H2,1-7H3,(H,22,25)/t13-,18?/m0/s1. The van der Waals surface area contributed by atoms with Crippen LogP contribution in [0.4, 0.5) is 4.79 Å². The number of carbonyl (C=O) groups is 1. The number of nitrogens with one attached hydrogen (secondary N) is 1. The van der Waals surface area contributed by atoms with Crippen molar-refractivity contribution in [3.63, 3.8) is 0 Å². The van der Waals surface area contributed by atoms with Crippen LogP contribution >= 0.6 is 0 Å². The van der Waals surface area contributed by atoms with Gasteiger partial charge in [-0.15, -0.1) is 0 Å². The number of unbranched alkanes of at least 4 members (excludes halogenated alkanes) is 1. The van der Waals surface area contributed by atoms with E-state index in [2.05, 4.69) is 25.0 Å². The highest BCUT2D eigenvalue weighted by Crippen LogP contribution is 2.33. The number of aliphatic hydroxyl groups is 1. The first kappa shape index (κ1) is 22.4. The average Bonchev–Trinajstić information content (AvgIpc) is 2.98. The summed E-state index contributed by atoms with van der Waals surface area (Å²) in [6.07, 6.45) is 0.606. The monoisotopic (exact) mass is 407 g/mol. The van der Waals surface area contributed by atoms with Gasteiger partial charge in [-0.1, -0.05) is 39.4 Å². The molecule has 7 heteroatoms. The average molecular weight is 408 g/mol. The van der Waals surface area contributed by atoms with Gasteiger partial charge in [-0.3, -0.25) is 4.79 Å². The van der Waals surface area contributed by atoms with E-state index in [1.54, 1.807) is 26.8 Å². The highest BCUT2D eigenvalue weighted by Gasteiger charge is 2.37. The summed E-state index contributed by atoms with van der Waals surface area (Å²) in [6.45, 7) is 13.9. The van der Waals surface area contributed by atoms with Crippen molar-refractivity contribution in [2.75, 3.05) is 0 Å². The molecule has 0 saturated carbocycles. The van der Waals surface area contributed by atoms with Gasteiger partial charge in [-0.2, -0.15) is 0 Å². The zero-order valence-corrected chi connectivity index (χ0v) is 19.0. The van der Waals surface area contributed by atoms with Crippen molar-refractivity contribution in [3.05, 3.63) is 27.9 Å². The van der Waals surface area contributed by atoms with Crippen LogP contribution in [0.2, 0.25) is 19.6 Å². The van der Waals surface area contributed by atoms with Gasteiger partial charge in [0.2, 0.25) is 0 Å². The van der Waals surface area contributed by atoms with E-state index in [0.717, 1.165) is 18.2 Å². The second kappa shape index (κ2) is 8.25. The third kappa shape index (κ3) is 5.58. The van der Waals surface area contributed by atoms with Crippen LogP contribution in [-0.2, 0) is 4.74 Å². The van der Waals surface area contributed by atoms with E-state index in [1.807, 2.05) is 13.0 Å². The summed E-state index contributed by atoms with van der Waals surface area (Å²) in [5.74, 6) is 0.503. The minimum Gasteiger partial charge on any atom is -0.466 e. The molecule has 1 heterocycles. The Morgan fingerprint density at radius 1 is 1.29 bits per heavy atom. The second-order valence-corrected chi connectivity index (χ2v) is 14.4. The Morgan fingerprint density at radius 3 is 2.43 bits per heavy atom. The zero-order valence-electron chi connectivity index (χ0n) is 18.0. The first-order chi connectivity index (χ1) is 12.8. The lowest BCUT2D eigenvalue weighted by Crippen LogP contribution is -2.42. The molecule has 1 unspecified atom stereocenters. The molecule has 6 nitrogen and oxygen atoms in total. The van der Waals surface area contributed by atoms with Crippen LogP contribution in [0.5, 0.6) is 0 Å². The van der Waals surface area contributed by atoms with Crippen LogP contribution in [0, 0.1) is 0 Å². The van der Waals surface area contributed by atoms with E-state index in [-0.39, 0.29) is 5.43 Å². The van der Waals surface area contributed by atoms with Gasteiger partial charge >= 0.3 is 6.09 Å². The third-order valence-electron chi connectivity index (χ3n) is 4.52. The van der Waals surface area contributed by atoms with Crippen LogP contribution in [0.1, 0.15) is 58.6 Å². The van der Waals surface area contributed by atoms with Crippen molar-refractivity contribution >= 4 is 19.6 Å². The summed E-state index contributed by atoms with van der Waals surface area (Å²) < 4.78 is 11.2. The summed E-state index contributed by atoms with van der Waals surface area (Å²) in [4.78, 5) is 24.6. The fourth-order valence-corrected chi connectivity index (χ4v) is 3.98. The van der Waals surface area contributed by atoms with E-state index in [4.69, 9.17) is 9.15 Å². The van der Waals surface area contributed by atoms with Crippen molar-refractivity contribution in [3.8, 4) is 11.3 Å². The van der Waals surface area contributed by atoms with Crippen LogP contribution in [0.15, 0.2) is 21.3 Å². The number of furan rings is 1. The number of carbonyl (C=O) groups excluding carboxylic acids is 1. The predicted molar refractivity (Wildman–Crippen MR) is 113 cm³/mol. The third-order valence-corrected chi connectivity index (χ3v) is 6.26. The molecule has 28 heavy (non-hydrogen) atoms. The summed E-state index contributed by atoms with van der Waals surface area (Å²) in [5, 5.41) is 14.5. The molecule has 1 amide bonds. The molecule has 0 aliphatic carbocycles. The minimum atomic E-state index is -1.62. The Hall–Kier alpha value is -1.86. The molecule has 1 aromatic heterocycles. The number of hydrogen-bond donors (Lipinski definition) is 2. The number of ether oxygens (including phenoxy) is 1. The Bertz CT molecular complexity index is 817. The molecule has 1 aromatic carbocycles. The van der Waals surface area contributed by atoms with E-state index >= 15 is 0 Å². The lowest BCUT2D eigenvalue weighted by molar-refractivity contribution is 0.0414. The molecule has 0 saturated heterocycles. The van der Waals surface area contributed by atoms with E-state index in [9.17, 15) is 14.7 Å². The number of rotatable bonds is 8. The molecule has 0 aliphatic heterocycles. The van der Waals surface area contributed by atoms with E-state index < -0.39 is 31.9 Å². The molecule has 2 N–H and O–H groups in total. The lowest BCUT2D eigenvalue weighted by atomic mass is 10.0. The maximum Gasteiger partial charge on any atom is 0.407 e. The summed E-state index contributed by atoms with van der Waals surface area (Å²) in [5.41, 5.74) is -0.0689. The number of aliphatic hydroxyl groups excluding tert-OH is 1. The first-order valence-corrected chi connectivity index (χ1v) is 13.4. The Balaban J connectivity index is 2.17. The van der Waals surface area contributed by atoms with Gasteiger partial charge in [0, 0.05) is 5.56 Å². The van der Waals surface area contributed by atoms with E-state index in [1.165, 1.54) is 0 Å². The number of alkyl carbamates (subject to hydrolysis) is 1. The SMILES string of the molecule is CCCC[C@H](NC(=O)OC(C)(C)C)C(O)c1c(-c2ccc([Si](C)(C)C)o2)c1=O. The molecule has 156 valence electrons.